The molecule has 1 heterocycles. The van der Waals surface area contributed by atoms with Crippen molar-refractivity contribution in [2.45, 2.75) is 39.5 Å². The van der Waals surface area contributed by atoms with Crippen LogP contribution in [0.4, 0.5) is 0 Å². The van der Waals surface area contributed by atoms with E-state index in [4.69, 9.17) is 0 Å². The zero-order valence-corrected chi connectivity index (χ0v) is 13.3. The Bertz CT molecular complexity index is 324. The predicted octanol–water partition coefficient (Wildman–Crippen LogP) is 1.52. The molecule has 0 aliphatic carbocycles. The zero-order valence-electron chi connectivity index (χ0n) is 12.5. The first-order valence-corrected chi connectivity index (χ1v) is 9.53. The van der Waals surface area contributed by atoms with E-state index in [0.717, 1.165) is 51.5 Å². The highest BCUT2D eigenvalue weighted by Crippen LogP contribution is 2.14. The van der Waals surface area contributed by atoms with E-state index in [1.165, 1.54) is 12.8 Å². The van der Waals surface area contributed by atoms with Crippen LogP contribution in [-0.2, 0) is 9.84 Å². The monoisotopic (exact) mass is 290 g/mol. The molecule has 0 radical (unpaired) electrons. The van der Waals surface area contributed by atoms with Gasteiger partial charge in [-0.3, -0.25) is 0 Å². The second-order valence-electron chi connectivity index (χ2n) is 5.58. The standard InChI is InChI=1S/C14H30N2O2S/c1-3-10-16(11-5-12-19(17,18)4-2)13-14-6-8-15-9-7-14/h14-15H,3-13H2,1-2H3. The third-order valence-electron chi connectivity index (χ3n) is 3.88. The molecule has 5 heteroatoms. The summed E-state index contributed by atoms with van der Waals surface area (Å²) >= 11 is 0. The summed E-state index contributed by atoms with van der Waals surface area (Å²) in [6, 6.07) is 0. The number of piperidine rings is 1. The van der Waals surface area contributed by atoms with Crippen molar-refractivity contribution in [3.05, 3.63) is 0 Å². The zero-order chi connectivity index (χ0) is 14.1. The number of rotatable bonds is 9. The average molecular weight is 290 g/mol. The van der Waals surface area contributed by atoms with Crippen molar-refractivity contribution in [2.24, 2.45) is 5.92 Å². The van der Waals surface area contributed by atoms with E-state index in [0.29, 0.717) is 5.75 Å². The summed E-state index contributed by atoms with van der Waals surface area (Å²) < 4.78 is 23.0. The van der Waals surface area contributed by atoms with Gasteiger partial charge in [-0.1, -0.05) is 13.8 Å². The lowest BCUT2D eigenvalue weighted by Crippen LogP contribution is -2.37. The molecule has 1 saturated heterocycles. The van der Waals surface area contributed by atoms with Crippen LogP contribution in [0.15, 0.2) is 0 Å². The summed E-state index contributed by atoms with van der Waals surface area (Å²) in [5, 5.41) is 3.39. The maximum atomic E-state index is 11.5. The molecule has 0 amide bonds. The summed E-state index contributed by atoms with van der Waals surface area (Å²) in [5.41, 5.74) is 0. The molecule has 0 bridgehead atoms. The van der Waals surface area contributed by atoms with E-state index >= 15 is 0 Å². The summed E-state index contributed by atoms with van der Waals surface area (Å²) in [4.78, 5) is 2.46. The molecule has 19 heavy (non-hydrogen) atoms. The molecule has 0 atom stereocenters. The lowest BCUT2D eigenvalue weighted by molar-refractivity contribution is 0.206. The van der Waals surface area contributed by atoms with Crippen LogP contribution in [0.2, 0.25) is 0 Å². The number of sulfone groups is 1. The number of nitrogens with zero attached hydrogens (tertiary/aromatic N) is 1. The molecule has 0 saturated carbocycles. The van der Waals surface area contributed by atoms with Gasteiger partial charge in [-0.2, -0.15) is 0 Å². The van der Waals surface area contributed by atoms with Crippen molar-refractivity contribution in [3.8, 4) is 0 Å². The molecule has 1 rings (SSSR count). The van der Waals surface area contributed by atoms with Gasteiger partial charge in [-0.15, -0.1) is 0 Å². The van der Waals surface area contributed by atoms with Crippen molar-refractivity contribution in [3.63, 3.8) is 0 Å². The van der Waals surface area contributed by atoms with Crippen LogP contribution in [0.5, 0.6) is 0 Å². The van der Waals surface area contributed by atoms with E-state index in [2.05, 4.69) is 17.1 Å². The maximum Gasteiger partial charge on any atom is 0.150 e. The number of hydrogen-bond donors (Lipinski definition) is 1. The Balaban J connectivity index is 2.31. The highest BCUT2D eigenvalue weighted by atomic mass is 32.2. The van der Waals surface area contributed by atoms with Crippen molar-refractivity contribution >= 4 is 9.84 Å². The van der Waals surface area contributed by atoms with Gasteiger partial charge in [-0.25, -0.2) is 8.42 Å². The van der Waals surface area contributed by atoms with Crippen molar-refractivity contribution < 1.29 is 8.42 Å². The molecule has 4 nitrogen and oxygen atoms in total. The normalized spacial score (nSPS) is 18.1. The van der Waals surface area contributed by atoms with Crippen LogP contribution >= 0.6 is 0 Å². The fraction of sp³-hybridized carbons (Fsp3) is 1.00. The van der Waals surface area contributed by atoms with Gasteiger partial charge in [0.25, 0.3) is 0 Å². The number of hydrogen-bond acceptors (Lipinski definition) is 4. The van der Waals surface area contributed by atoms with Crippen molar-refractivity contribution in [1.82, 2.24) is 10.2 Å². The summed E-state index contributed by atoms with van der Waals surface area (Å²) in [7, 11) is -2.80. The van der Waals surface area contributed by atoms with Gasteiger partial charge in [0.1, 0.15) is 9.84 Å². The molecule has 1 aliphatic rings. The van der Waals surface area contributed by atoms with Gasteiger partial charge in [0.05, 0.1) is 5.75 Å². The smallest absolute Gasteiger partial charge is 0.150 e. The fourth-order valence-corrected chi connectivity index (χ4v) is 3.55. The van der Waals surface area contributed by atoms with E-state index in [1.54, 1.807) is 6.92 Å². The Morgan fingerprint density at radius 2 is 1.84 bits per heavy atom. The van der Waals surface area contributed by atoms with Gasteiger partial charge < -0.3 is 10.2 Å². The largest absolute Gasteiger partial charge is 0.317 e. The molecule has 1 N–H and O–H groups in total. The first kappa shape index (κ1) is 16.9. The van der Waals surface area contributed by atoms with Crippen LogP contribution < -0.4 is 5.32 Å². The van der Waals surface area contributed by atoms with Gasteiger partial charge in [0, 0.05) is 12.3 Å². The quantitative estimate of drug-likeness (QED) is 0.699. The van der Waals surface area contributed by atoms with E-state index in [-0.39, 0.29) is 5.75 Å². The van der Waals surface area contributed by atoms with Crippen LogP contribution in [0, 0.1) is 5.92 Å². The highest BCUT2D eigenvalue weighted by molar-refractivity contribution is 7.91. The van der Waals surface area contributed by atoms with Gasteiger partial charge >= 0.3 is 0 Å². The summed E-state index contributed by atoms with van der Waals surface area (Å²) in [5.74, 6) is 1.40. The number of nitrogens with one attached hydrogen (secondary N) is 1. The third-order valence-corrected chi connectivity index (χ3v) is 5.67. The lowest BCUT2D eigenvalue weighted by atomic mass is 9.97. The molecular weight excluding hydrogens is 260 g/mol. The Labute approximate surface area is 118 Å². The van der Waals surface area contributed by atoms with Crippen molar-refractivity contribution in [2.75, 3.05) is 44.2 Å². The Morgan fingerprint density at radius 3 is 2.42 bits per heavy atom. The van der Waals surface area contributed by atoms with Gasteiger partial charge in [-0.05, 0) is 57.8 Å². The first-order valence-electron chi connectivity index (χ1n) is 7.71. The second kappa shape index (κ2) is 8.93. The Hall–Kier alpha value is -0.130. The van der Waals surface area contributed by atoms with Crippen molar-refractivity contribution in [1.29, 1.82) is 0 Å². The minimum absolute atomic E-state index is 0.273. The van der Waals surface area contributed by atoms with E-state index in [9.17, 15) is 8.42 Å². The molecule has 0 aromatic rings. The first-order chi connectivity index (χ1) is 9.07. The second-order valence-corrected chi connectivity index (χ2v) is 8.06. The minimum atomic E-state index is -2.80. The van der Waals surface area contributed by atoms with E-state index < -0.39 is 9.84 Å². The Morgan fingerprint density at radius 1 is 1.16 bits per heavy atom. The maximum absolute atomic E-state index is 11.5. The highest BCUT2D eigenvalue weighted by Gasteiger charge is 2.17. The summed E-state index contributed by atoms with van der Waals surface area (Å²) in [6.45, 7) is 9.35. The van der Waals surface area contributed by atoms with Crippen LogP contribution in [0.1, 0.15) is 39.5 Å². The molecule has 0 spiro atoms. The van der Waals surface area contributed by atoms with Crippen LogP contribution in [-0.4, -0.2) is 57.5 Å². The topological polar surface area (TPSA) is 49.4 Å². The molecule has 1 fully saturated rings. The van der Waals surface area contributed by atoms with E-state index in [1.807, 2.05) is 0 Å². The molecule has 0 aromatic heterocycles. The molecular formula is C14H30N2O2S. The molecule has 0 aromatic carbocycles. The molecule has 0 unspecified atom stereocenters. The SMILES string of the molecule is CCCN(CCCS(=O)(=O)CC)CC1CCNCC1. The third kappa shape index (κ3) is 7.28. The lowest BCUT2D eigenvalue weighted by Gasteiger charge is -2.29. The summed E-state index contributed by atoms with van der Waals surface area (Å²) in [6.07, 6.45) is 4.44. The minimum Gasteiger partial charge on any atom is -0.317 e. The predicted molar refractivity (Wildman–Crippen MR) is 81.3 cm³/mol. The van der Waals surface area contributed by atoms with Crippen LogP contribution in [0.3, 0.4) is 0 Å². The van der Waals surface area contributed by atoms with Crippen LogP contribution in [0.25, 0.3) is 0 Å². The molecule has 1 aliphatic heterocycles. The van der Waals surface area contributed by atoms with Gasteiger partial charge in [0.2, 0.25) is 0 Å². The van der Waals surface area contributed by atoms with Gasteiger partial charge in [0.15, 0.2) is 0 Å². The Kier molecular flexibility index (Phi) is 7.95. The average Bonchev–Trinajstić information content (AvgIpc) is 2.40. The fourth-order valence-electron chi connectivity index (χ4n) is 2.69. The molecule has 114 valence electrons.